The first kappa shape index (κ1) is 29.7. The number of ether oxygens (including phenoxy) is 1. The molecule has 8 nitrogen and oxygen atoms in total. The Kier molecular flexibility index (Phi) is 10.1. The van der Waals surface area contributed by atoms with Crippen molar-refractivity contribution in [1.29, 1.82) is 0 Å². The van der Waals surface area contributed by atoms with Crippen molar-refractivity contribution in [3.05, 3.63) is 90.0 Å². The van der Waals surface area contributed by atoms with E-state index in [9.17, 15) is 18.0 Å². The van der Waals surface area contributed by atoms with Crippen LogP contribution in [0.25, 0.3) is 0 Å². The molecule has 0 bridgehead atoms. The molecule has 208 valence electrons. The van der Waals surface area contributed by atoms with Crippen LogP contribution in [-0.2, 0) is 26.2 Å². The number of nitrogens with one attached hydrogen (secondary N) is 1. The molecule has 3 aromatic rings. The number of hydrogen-bond acceptors (Lipinski definition) is 5. The molecule has 0 aromatic heterocycles. The van der Waals surface area contributed by atoms with E-state index in [1.54, 1.807) is 49.4 Å². The summed E-state index contributed by atoms with van der Waals surface area (Å²) in [6, 6.07) is 21.3. The van der Waals surface area contributed by atoms with Gasteiger partial charge in [-0.3, -0.25) is 13.9 Å². The van der Waals surface area contributed by atoms with Crippen LogP contribution in [0.4, 0.5) is 5.69 Å². The summed E-state index contributed by atoms with van der Waals surface area (Å²) >= 11 is 0. The Labute approximate surface area is 231 Å². The molecule has 9 heteroatoms. The number of carbonyl (C=O) groups is 2. The van der Waals surface area contributed by atoms with E-state index in [4.69, 9.17) is 4.74 Å². The first-order valence-electron chi connectivity index (χ1n) is 12.9. The van der Waals surface area contributed by atoms with Gasteiger partial charge in [0.2, 0.25) is 11.8 Å². The number of para-hydroxylation sites is 2. The van der Waals surface area contributed by atoms with Crippen molar-refractivity contribution in [2.75, 3.05) is 18.0 Å². The average Bonchev–Trinajstić information content (AvgIpc) is 2.95. The van der Waals surface area contributed by atoms with Crippen molar-refractivity contribution in [1.82, 2.24) is 10.2 Å². The van der Waals surface area contributed by atoms with E-state index in [-0.39, 0.29) is 29.1 Å². The molecule has 0 spiro atoms. The van der Waals surface area contributed by atoms with Crippen molar-refractivity contribution in [2.45, 2.75) is 57.6 Å². The monoisotopic (exact) mass is 551 g/mol. The standard InChI is InChI=1S/C30H37N3O5S/c1-6-23(3)31-30(35)24(4)32(20-25-15-11-10-14-22(25)2)29(34)21-33(27-18-12-13-19-28(27)38-5)39(36,37)26-16-8-7-9-17-26/h7-19,23-24H,6,20-21H2,1-5H3,(H,31,35)/t23-,24+/m1/s1. The molecular formula is C30H37N3O5S. The number of sulfonamides is 1. The normalized spacial score (nSPS) is 12.7. The number of anilines is 1. The average molecular weight is 552 g/mol. The fraction of sp³-hybridized carbons (Fsp3) is 0.333. The molecule has 0 unspecified atom stereocenters. The third-order valence-electron chi connectivity index (χ3n) is 6.73. The van der Waals surface area contributed by atoms with Crippen LogP contribution in [0, 0.1) is 6.92 Å². The van der Waals surface area contributed by atoms with E-state index < -0.39 is 28.5 Å². The molecule has 0 radical (unpaired) electrons. The number of amides is 2. The van der Waals surface area contributed by atoms with E-state index in [2.05, 4.69) is 5.32 Å². The Bertz CT molecular complexity index is 1380. The van der Waals surface area contributed by atoms with Crippen LogP contribution in [0.2, 0.25) is 0 Å². The zero-order valence-electron chi connectivity index (χ0n) is 23.1. The molecule has 0 aliphatic carbocycles. The maximum Gasteiger partial charge on any atom is 0.264 e. The maximum absolute atomic E-state index is 14.0. The summed E-state index contributed by atoms with van der Waals surface area (Å²) in [5.41, 5.74) is 2.05. The van der Waals surface area contributed by atoms with E-state index in [1.165, 1.54) is 24.1 Å². The van der Waals surface area contributed by atoms with Crippen LogP contribution in [0.3, 0.4) is 0 Å². The third kappa shape index (κ3) is 7.17. The molecule has 0 aliphatic rings. The predicted octanol–water partition coefficient (Wildman–Crippen LogP) is 4.53. The second kappa shape index (κ2) is 13.3. The van der Waals surface area contributed by atoms with Gasteiger partial charge in [0, 0.05) is 12.6 Å². The summed E-state index contributed by atoms with van der Waals surface area (Å²) in [6.45, 7) is 7.07. The second-order valence-electron chi connectivity index (χ2n) is 9.44. The summed E-state index contributed by atoms with van der Waals surface area (Å²) in [4.78, 5) is 28.6. The minimum Gasteiger partial charge on any atom is -0.495 e. The second-order valence-corrected chi connectivity index (χ2v) is 11.3. The van der Waals surface area contributed by atoms with Crippen LogP contribution in [-0.4, -0.2) is 50.9 Å². The number of benzene rings is 3. The van der Waals surface area contributed by atoms with Gasteiger partial charge < -0.3 is 15.0 Å². The fourth-order valence-electron chi connectivity index (χ4n) is 4.09. The molecule has 2 atom stereocenters. The molecule has 3 rings (SSSR count). The fourth-order valence-corrected chi connectivity index (χ4v) is 5.53. The first-order chi connectivity index (χ1) is 18.6. The van der Waals surface area contributed by atoms with Gasteiger partial charge >= 0.3 is 0 Å². The smallest absolute Gasteiger partial charge is 0.264 e. The lowest BCUT2D eigenvalue weighted by molar-refractivity contribution is -0.139. The Hall–Kier alpha value is -3.85. The molecule has 0 fully saturated rings. The highest BCUT2D eigenvalue weighted by molar-refractivity contribution is 7.92. The molecule has 2 amide bonds. The summed E-state index contributed by atoms with van der Waals surface area (Å²) in [6.07, 6.45) is 0.737. The predicted molar refractivity (Wildman–Crippen MR) is 153 cm³/mol. The Balaban J connectivity index is 2.06. The Morgan fingerprint density at radius 1 is 0.923 bits per heavy atom. The number of nitrogens with zero attached hydrogens (tertiary/aromatic N) is 2. The van der Waals surface area contributed by atoms with Gasteiger partial charge in [0.1, 0.15) is 18.3 Å². The summed E-state index contributed by atoms with van der Waals surface area (Å²) in [5, 5.41) is 2.94. The van der Waals surface area contributed by atoms with Gasteiger partial charge in [0.15, 0.2) is 0 Å². The number of carbonyl (C=O) groups excluding carboxylic acids is 2. The van der Waals surface area contributed by atoms with Crippen LogP contribution in [0.5, 0.6) is 5.75 Å². The lowest BCUT2D eigenvalue weighted by Crippen LogP contribution is -2.52. The number of hydrogen-bond donors (Lipinski definition) is 1. The zero-order valence-corrected chi connectivity index (χ0v) is 23.9. The van der Waals surface area contributed by atoms with Crippen molar-refractivity contribution >= 4 is 27.5 Å². The van der Waals surface area contributed by atoms with Crippen LogP contribution in [0.1, 0.15) is 38.3 Å². The number of rotatable bonds is 12. The van der Waals surface area contributed by atoms with Gasteiger partial charge in [0.25, 0.3) is 10.0 Å². The topological polar surface area (TPSA) is 96.0 Å². The first-order valence-corrected chi connectivity index (χ1v) is 14.4. The van der Waals surface area contributed by atoms with Gasteiger partial charge in [-0.25, -0.2) is 8.42 Å². The van der Waals surface area contributed by atoms with Gasteiger partial charge in [-0.05, 0) is 62.6 Å². The summed E-state index contributed by atoms with van der Waals surface area (Å²) in [7, 11) is -2.72. The molecule has 0 saturated carbocycles. The third-order valence-corrected chi connectivity index (χ3v) is 8.51. The molecule has 0 aliphatic heterocycles. The highest BCUT2D eigenvalue weighted by Crippen LogP contribution is 2.32. The maximum atomic E-state index is 14.0. The van der Waals surface area contributed by atoms with Crippen molar-refractivity contribution in [3.8, 4) is 5.75 Å². The molecule has 3 aromatic carbocycles. The van der Waals surface area contributed by atoms with E-state index in [0.717, 1.165) is 21.9 Å². The summed E-state index contributed by atoms with van der Waals surface area (Å²) in [5.74, 6) is -0.519. The lowest BCUT2D eigenvalue weighted by Gasteiger charge is -2.33. The van der Waals surface area contributed by atoms with Gasteiger partial charge in [-0.15, -0.1) is 0 Å². The lowest BCUT2D eigenvalue weighted by atomic mass is 10.1. The van der Waals surface area contributed by atoms with Crippen molar-refractivity contribution in [2.24, 2.45) is 0 Å². The van der Waals surface area contributed by atoms with Crippen LogP contribution >= 0.6 is 0 Å². The summed E-state index contributed by atoms with van der Waals surface area (Å²) < 4.78 is 34.3. The molecule has 1 N–H and O–H groups in total. The minimum atomic E-state index is -4.16. The highest BCUT2D eigenvalue weighted by atomic mass is 32.2. The molecule has 39 heavy (non-hydrogen) atoms. The Morgan fingerprint density at radius 3 is 2.18 bits per heavy atom. The quantitative estimate of drug-likeness (QED) is 0.357. The van der Waals surface area contributed by atoms with Gasteiger partial charge in [0.05, 0.1) is 17.7 Å². The van der Waals surface area contributed by atoms with Crippen molar-refractivity contribution < 1.29 is 22.7 Å². The molecule has 0 saturated heterocycles. The van der Waals surface area contributed by atoms with E-state index in [1.807, 2.05) is 45.0 Å². The van der Waals surface area contributed by atoms with Crippen LogP contribution in [0.15, 0.2) is 83.8 Å². The number of aryl methyl sites for hydroxylation is 1. The largest absolute Gasteiger partial charge is 0.495 e. The molecular weight excluding hydrogens is 514 g/mol. The molecule has 0 heterocycles. The van der Waals surface area contributed by atoms with E-state index in [0.29, 0.717) is 5.75 Å². The van der Waals surface area contributed by atoms with Crippen molar-refractivity contribution in [3.63, 3.8) is 0 Å². The van der Waals surface area contributed by atoms with Crippen LogP contribution < -0.4 is 14.4 Å². The van der Waals surface area contributed by atoms with Gasteiger partial charge in [-0.1, -0.05) is 61.5 Å². The highest BCUT2D eigenvalue weighted by Gasteiger charge is 2.34. The number of methoxy groups -OCH3 is 1. The Morgan fingerprint density at radius 2 is 1.54 bits per heavy atom. The van der Waals surface area contributed by atoms with E-state index >= 15 is 0 Å². The SMILES string of the molecule is CC[C@@H](C)NC(=O)[C@H](C)N(Cc1ccccc1C)C(=O)CN(c1ccccc1OC)S(=O)(=O)c1ccccc1. The zero-order chi connectivity index (χ0) is 28.6. The van der Waals surface area contributed by atoms with Gasteiger partial charge in [-0.2, -0.15) is 0 Å². The minimum absolute atomic E-state index is 0.0386.